The monoisotopic (exact) mass is 432 g/mol. The number of nitrogens with zero attached hydrogens (tertiary/aromatic N) is 1. The van der Waals surface area contributed by atoms with E-state index in [-0.39, 0.29) is 5.82 Å². The number of H-pyrrole nitrogens is 1. The number of hydrogen-bond acceptors (Lipinski definition) is 4. The molecule has 2 heterocycles. The van der Waals surface area contributed by atoms with Crippen LogP contribution in [0.2, 0.25) is 5.02 Å². The molecule has 0 spiro atoms. The fourth-order valence-corrected chi connectivity index (χ4v) is 7.14. The molecule has 2 aromatic carbocycles. The molecule has 4 rings (SSSR count). The summed E-state index contributed by atoms with van der Waals surface area (Å²) in [5, 5.41) is 0.571. The van der Waals surface area contributed by atoms with Gasteiger partial charge in [-0.05, 0) is 48.6 Å². The van der Waals surface area contributed by atoms with E-state index in [1.165, 1.54) is 6.07 Å². The van der Waals surface area contributed by atoms with Gasteiger partial charge < -0.3 is 4.98 Å². The maximum atomic E-state index is 15.0. The molecule has 28 heavy (non-hydrogen) atoms. The summed E-state index contributed by atoms with van der Waals surface area (Å²) < 4.78 is 14.3. The van der Waals surface area contributed by atoms with Crippen molar-refractivity contribution in [1.82, 2.24) is 9.97 Å². The van der Waals surface area contributed by atoms with Crippen LogP contribution >= 0.6 is 35.1 Å². The summed E-state index contributed by atoms with van der Waals surface area (Å²) in [6.45, 7) is 1.81. The first-order valence-corrected chi connectivity index (χ1v) is 11.2. The van der Waals surface area contributed by atoms with Crippen LogP contribution in [0.5, 0.6) is 0 Å². The van der Waals surface area contributed by atoms with Crippen molar-refractivity contribution in [2.24, 2.45) is 0 Å². The van der Waals surface area contributed by atoms with Crippen LogP contribution in [0.3, 0.4) is 0 Å². The lowest BCUT2D eigenvalue weighted by molar-refractivity contribution is 0.112. The van der Waals surface area contributed by atoms with Gasteiger partial charge in [-0.3, -0.25) is 4.79 Å². The average Bonchev–Trinajstić information content (AvgIpc) is 3.09. The number of imidazole rings is 1. The molecule has 1 fully saturated rings. The minimum atomic E-state index is -0.656. The number of carbonyl (C=O) groups excluding carboxylic acids is 1. The minimum Gasteiger partial charge on any atom is -0.340 e. The first-order valence-electron chi connectivity index (χ1n) is 8.90. The number of thioether (sulfide) groups is 2. The minimum absolute atomic E-state index is 0.246. The Hall–Kier alpha value is -1.76. The van der Waals surface area contributed by atoms with Crippen molar-refractivity contribution in [2.45, 2.75) is 17.4 Å². The second kappa shape index (κ2) is 7.93. The van der Waals surface area contributed by atoms with Crippen molar-refractivity contribution in [2.75, 3.05) is 11.5 Å². The molecule has 0 aliphatic carbocycles. The predicted octanol–water partition coefficient (Wildman–Crippen LogP) is 6.06. The summed E-state index contributed by atoms with van der Waals surface area (Å²) >= 11 is 9.80. The first-order chi connectivity index (χ1) is 13.5. The summed E-state index contributed by atoms with van der Waals surface area (Å²) in [6, 6.07) is 12.4. The topological polar surface area (TPSA) is 45.8 Å². The molecule has 0 bridgehead atoms. The molecular weight excluding hydrogens is 415 g/mol. The zero-order valence-electron chi connectivity index (χ0n) is 15.2. The zero-order chi connectivity index (χ0) is 19.7. The van der Waals surface area contributed by atoms with Crippen molar-refractivity contribution >= 4 is 41.4 Å². The van der Waals surface area contributed by atoms with E-state index in [1.807, 2.05) is 31.2 Å². The number of carbonyl (C=O) groups is 1. The Bertz CT molecular complexity index is 1030. The van der Waals surface area contributed by atoms with Gasteiger partial charge in [0.2, 0.25) is 0 Å². The van der Waals surface area contributed by atoms with Crippen molar-refractivity contribution in [3.8, 4) is 11.3 Å². The van der Waals surface area contributed by atoms with Gasteiger partial charge in [-0.25, -0.2) is 9.37 Å². The molecule has 1 aliphatic rings. The van der Waals surface area contributed by atoms with Gasteiger partial charge in [0, 0.05) is 16.1 Å². The van der Waals surface area contributed by atoms with Crippen molar-refractivity contribution in [1.29, 1.82) is 0 Å². The molecule has 0 unspecified atom stereocenters. The highest BCUT2D eigenvalue weighted by atomic mass is 35.5. The second-order valence-corrected chi connectivity index (χ2v) is 9.85. The van der Waals surface area contributed by atoms with E-state index in [0.29, 0.717) is 27.8 Å². The van der Waals surface area contributed by atoms with Crippen LogP contribution in [0.25, 0.3) is 11.3 Å². The number of rotatable bonds is 4. The van der Waals surface area contributed by atoms with E-state index in [2.05, 4.69) is 9.97 Å². The lowest BCUT2D eigenvalue weighted by Gasteiger charge is -2.38. The molecule has 0 amide bonds. The number of aromatic amines is 1. The van der Waals surface area contributed by atoms with Gasteiger partial charge in [-0.15, -0.1) is 23.5 Å². The fraction of sp³-hybridized carbons (Fsp3) is 0.238. The summed E-state index contributed by atoms with van der Waals surface area (Å²) in [6.07, 6.45) is 1.83. The molecule has 0 saturated carbocycles. The highest BCUT2D eigenvalue weighted by Gasteiger charge is 2.42. The van der Waals surface area contributed by atoms with E-state index in [0.717, 1.165) is 35.3 Å². The van der Waals surface area contributed by atoms with Crippen LogP contribution in [0, 0.1) is 12.7 Å². The van der Waals surface area contributed by atoms with Gasteiger partial charge in [-0.1, -0.05) is 35.9 Å². The molecular formula is C21H18ClFN2OS2. The van der Waals surface area contributed by atoms with E-state index in [4.69, 9.17) is 11.6 Å². The molecule has 1 aliphatic heterocycles. The third kappa shape index (κ3) is 3.38. The van der Waals surface area contributed by atoms with Gasteiger partial charge in [0.05, 0.1) is 5.69 Å². The molecule has 3 nitrogen and oxygen atoms in total. The van der Waals surface area contributed by atoms with Gasteiger partial charge >= 0.3 is 0 Å². The van der Waals surface area contributed by atoms with Gasteiger partial charge in [0.1, 0.15) is 21.4 Å². The predicted molar refractivity (Wildman–Crippen MR) is 116 cm³/mol. The normalized spacial score (nSPS) is 16.1. The second-order valence-electron chi connectivity index (χ2n) is 6.54. The molecule has 3 aromatic rings. The number of halogens is 2. The zero-order valence-corrected chi connectivity index (χ0v) is 17.6. The number of aryl methyl sites for hydroxylation is 1. The van der Waals surface area contributed by atoms with Gasteiger partial charge in [0.25, 0.3) is 0 Å². The maximum absolute atomic E-state index is 15.0. The van der Waals surface area contributed by atoms with Crippen molar-refractivity contribution in [3.63, 3.8) is 0 Å². The van der Waals surface area contributed by atoms with Crippen molar-refractivity contribution < 1.29 is 9.18 Å². The largest absolute Gasteiger partial charge is 0.340 e. The molecule has 144 valence electrons. The standard InChI is InChI=1S/C21H18ClFN2OS2/c1-13-24-19(12-26)20(25-13)15-8-7-14(22)11-17(15)21(27-9-4-10-28-21)16-5-2-3-6-18(16)23/h2-3,5-8,11-12H,4,9-10H2,1H3,(H,24,25). The Morgan fingerprint density at radius 2 is 1.93 bits per heavy atom. The fourth-order valence-electron chi connectivity index (χ4n) is 3.51. The average molecular weight is 433 g/mol. The van der Waals surface area contributed by atoms with Crippen LogP contribution in [-0.2, 0) is 4.08 Å². The maximum Gasteiger partial charge on any atom is 0.168 e. The van der Waals surface area contributed by atoms with Crippen LogP contribution in [0.4, 0.5) is 4.39 Å². The summed E-state index contributed by atoms with van der Waals surface area (Å²) in [4.78, 5) is 19.1. The van der Waals surface area contributed by atoms with E-state index in [1.54, 1.807) is 35.7 Å². The molecule has 0 radical (unpaired) electrons. The molecule has 7 heteroatoms. The molecule has 0 atom stereocenters. The SMILES string of the molecule is Cc1nc(-c2ccc(Cl)cc2C2(c3ccccc3F)SCCCS2)c(C=O)[nH]1. The van der Waals surface area contributed by atoms with Crippen LogP contribution in [0.1, 0.15) is 33.9 Å². The molecule has 1 saturated heterocycles. The highest BCUT2D eigenvalue weighted by Crippen LogP contribution is 2.57. The Morgan fingerprint density at radius 1 is 1.18 bits per heavy atom. The number of nitrogens with one attached hydrogen (secondary N) is 1. The van der Waals surface area contributed by atoms with E-state index in [9.17, 15) is 9.18 Å². The summed E-state index contributed by atoms with van der Waals surface area (Å²) in [7, 11) is 0. The van der Waals surface area contributed by atoms with Crippen LogP contribution in [0.15, 0.2) is 42.5 Å². The number of aldehydes is 1. The quantitative estimate of drug-likeness (QED) is 0.509. The van der Waals surface area contributed by atoms with E-state index >= 15 is 0 Å². The van der Waals surface area contributed by atoms with Crippen molar-refractivity contribution in [3.05, 3.63) is 75.9 Å². The lowest BCUT2D eigenvalue weighted by Crippen LogP contribution is -2.26. The van der Waals surface area contributed by atoms with Crippen LogP contribution < -0.4 is 0 Å². The molecule has 1 aromatic heterocycles. The highest BCUT2D eigenvalue weighted by molar-refractivity contribution is 8.18. The molecule has 1 N–H and O–H groups in total. The Balaban J connectivity index is 2.01. The number of hydrogen-bond donors (Lipinski definition) is 1. The van der Waals surface area contributed by atoms with Gasteiger partial charge in [0.15, 0.2) is 6.29 Å². The number of benzene rings is 2. The first kappa shape index (κ1) is 19.6. The van der Waals surface area contributed by atoms with Gasteiger partial charge in [-0.2, -0.15) is 0 Å². The Morgan fingerprint density at radius 3 is 2.64 bits per heavy atom. The third-order valence-electron chi connectivity index (χ3n) is 4.69. The summed E-state index contributed by atoms with van der Waals surface area (Å²) in [5.74, 6) is 2.23. The van der Waals surface area contributed by atoms with E-state index < -0.39 is 4.08 Å². The number of aromatic nitrogens is 2. The Labute approximate surface area is 176 Å². The third-order valence-corrected chi connectivity index (χ3v) is 8.31. The van der Waals surface area contributed by atoms with Crippen LogP contribution in [-0.4, -0.2) is 27.8 Å². The lowest BCUT2D eigenvalue weighted by atomic mass is 9.95. The Kier molecular flexibility index (Phi) is 5.54. The smallest absolute Gasteiger partial charge is 0.168 e. The summed E-state index contributed by atoms with van der Waals surface area (Å²) in [5.41, 5.74) is 3.26.